The van der Waals surface area contributed by atoms with Crippen LogP contribution in [0.25, 0.3) is 16.7 Å². The van der Waals surface area contributed by atoms with Crippen LogP contribution in [-0.2, 0) is 10.3 Å². The van der Waals surface area contributed by atoms with E-state index in [9.17, 15) is 9.90 Å². The summed E-state index contributed by atoms with van der Waals surface area (Å²) in [5, 5.41) is 16.1. The van der Waals surface area contributed by atoms with Gasteiger partial charge in [-0.25, -0.2) is 19.6 Å². The third kappa shape index (κ3) is 4.97. The van der Waals surface area contributed by atoms with Crippen LogP contribution in [0.3, 0.4) is 0 Å². The summed E-state index contributed by atoms with van der Waals surface area (Å²) in [6.45, 7) is 5.19. The Hall–Kier alpha value is -4.40. The second-order valence-electron chi connectivity index (χ2n) is 8.78. The lowest BCUT2D eigenvalue weighted by Gasteiger charge is -2.15. The number of amides is 1. The minimum absolute atomic E-state index is 0.0206. The molecular formula is C26H26N8O3. The molecule has 2 atom stereocenters. The summed E-state index contributed by atoms with van der Waals surface area (Å²) in [7, 11) is 0. The van der Waals surface area contributed by atoms with E-state index >= 15 is 0 Å². The number of nitrogens with zero attached hydrogens (tertiary/aromatic N) is 7. The van der Waals surface area contributed by atoms with Crippen molar-refractivity contribution in [3.05, 3.63) is 66.0 Å². The molecule has 0 bridgehead atoms. The molecule has 188 valence electrons. The van der Waals surface area contributed by atoms with E-state index in [2.05, 4.69) is 36.9 Å². The first-order chi connectivity index (χ1) is 17.9. The van der Waals surface area contributed by atoms with Crippen LogP contribution in [0.15, 0.2) is 48.9 Å². The summed E-state index contributed by atoms with van der Waals surface area (Å²) < 4.78 is 7.26. The molecule has 0 aliphatic carbocycles. The molecule has 11 heteroatoms. The SMILES string of the molecule is CCOC1CCN(C(=O)c2nn(-c3ccnc(N)n3)c3cc(C#CC(C)(O)c4ncccn4)ccc23)C1. The van der Waals surface area contributed by atoms with Gasteiger partial charge in [-0.15, -0.1) is 0 Å². The molecule has 5 rings (SSSR count). The van der Waals surface area contributed by atoms with Crippen LogP contribution in [0.5, 0.6) is 0 Å². The molecule has 4 heterocycles. The number of benzene rings is 1. The minimum atomic E-state index is -1.55. The van der Waals surface area contributed by atoms with Crippen LogP contribution >= 0.6 is 0 Å². The largest absolute Gasteiger partial charge is 0.377 e. The van der Waals surface area contributed by atoms with E-state index in [1.165, 1.54) is 13.1 Å². The average molecular weight is 499 g/mol. The van der Waals surface area contributed by atoms with Crippen molar-refractivity contribution in [3.63, 3.8) is 0 Å². The van der Waals surface area contributed by atoms with Crippen molar-refractivity contribution >= 4 is 22.8 Å². The lowest BCUT2D eigenvalue weighted by Crippen LogP contribution is -2.30. The van der Waals surface area contributed by atoms with Crippen LogP contribution in [-0.4, -0.2) is 71.4 Å². The molecule has 1 aromatic carbocycles. The lowest BCUT2D eigenvalue weighted by molar-refractivity contribution is 0.0596. The van der Waals surface area contributed by atoms with Gasteiger partial charge in [0, 0.05) is 55.3 Å². The molecule has 1 amide bonds. The number of anilines is 1. The molecule has 37 heavy (non-hydrogen) atoms. The Morgan fingerprint density at radius 3 is 2.81 bits per heavy atom. The zero-order chi connectivity index (χ0) is 26.0. The molecule has 1 fully saturated rings. The first-order valence-corrected chi connectivity index (χ1v) is 11.9. The van der Waals surface area contributed by atoms with Gasteiger partial charge in [-0.2, -0.15) is 10.1 Å². The number of nitrogen functional groups attached to an aromatic ring is 1. The van der Waals surface area contributed by atoms with Crippen molar-refractivity contribution < 1.29 is 14.6 Å². The lowest BCUT2D eigenvalue weighted by atomic mass is 10.1. The number of carbonyl (C=O) groups is 1. The highest BCUT2D eigenvalue weighted by Crippen LogP contribution is 2.26. The van der Waals surface area contributed by atoms with Crippen LogP contribution in [0, 0.1) is 11.8 Å². The maximum atomic E-state index is 13.5. The Morgan fingerprint density at radius 2 is 2.05 bits per heavy atom. The molecule has 3 N–H and O–H groups in total. The van der Waals surface area contributed by atoms with Crippen LogP contribution in [0.4, 0.5) is 5.95 Å². The molecule has 0 radical (unpaired) electrons. The van der Waals surface area contributed by atoms with E-state index < -0.39 is 5.60 Å². The maximum absolute atomic E-state index is 13.5. The summed E-state index contributed by atoms with van der Waals surface area (Å²) in [6.07, 6.45) is 5.43. The quantitative estimate of drug-likeness (QED) is 0.393. The van der Waals surface area contributed by atoms with Crippen molar-refractivity contribution in [1.29, 1.82) is 0 Å². The van der Waals surface area contributed by atoms with Gasteiger partial charge in [-0.05, 0) is 44.5 Å². The number of ether oxygens (including phenoxy) is 1. The van der Waals surface area contributed by atoms with Gasteiger partial charge in [-0.3, -0.25) is 4.79 Å². The molecule has 4 aromatic rings. The van der Waals surface area contributed by atoms with Gasteiger partial charge < -0.3 is 20.5 Å². The highest BCUT2D eigenvalue weighted by molar-refractivity contribution is 6.05. The van der Waals surface area contributed by atoms with Gasteiger partial charge >= 0.3 is 0 Å². The second kappa shape index (κ2) is 9.93. The molecule has 2 unspecified atom stereocenters. The Balaban J connectivity index is 1.56. The molecule has 11 nitrogen and oxygen atoms in total. The van der Waals surface area contributed by atoms with Crippen LogP contribution < -0.4 is 5.73 Å². The van der Waals surface area contributed by atoms with Gasteiger partial charge in [0.05, 0.1) is 11.6 Å². The standard InChI is InChI=1S/C26H26N8O3/c1-3-37-18-9-14-33(16-18)23(35)22-19-6-5-17(7-10-26(2,36)24-28-11-4-12-29-24)15-20(19)34(32-22)21-8-13-30-25(27)31-21/h4-6,8,11-13,15,18,36H,3,9,14,16H2,1-2H3,(H2,27,30,31). The molecule has 0 spiro atoms. The summed E-state index contributed by atoms with van der Waals surface area (Å²) >= 11 is 0. The smallest absolute Gasteiger partial charge is 0.275 e. The number of aliphatic hydroxyl groups is 1. The summed E-state index contributed by atoms with van der Waals surface area (Å²) in [5.74, 6) is 6.34. The third-order valence-electron chi connectivity index (χ3n) is 6.05. The first kappa shape index (κ1) is 24.3. The van der Waals surface area contributed by atoms with Crippen molar-refractivity contribution in [2.45, 2.75) is 32.0 Å². The predicted molar refractivity (Wildman–Crippen MR) is 135 cm³/mol. The summed E-state index contributed by atoms with van der Waals surface area (Å²) in [6, 6.07) is 8.69. The number of fused-ring (bicyclic) bond motifs is 1. The highest BCUT2D eigenvalue weighted by Gasteiger charge is 2.30. The van der Waals surface area contributed by atoms with Crippen molar-refractivity contribution in [3.8, 4) is 17.7 Å². The van der Waals surface area contributed by atoms with E-state index in [0.717, 1.165) is 6.42 Å². The van der Waals surface area contributed by atoms with E-state index in [1.807, 2.05) is 6.92 Å². The fraction of sp³-hybridized carbons (Fsp3) is 0.308. The number of carbonyl (C=O) groups excluding carboxylic acids is 1. The molecule has 1 aliphatic rings. The van der Waals surface area contributed by atoms with Crippen LogP contribution in [0.2, 0.25) is 0 Å². The number of nitrogens with two attached hydrogens (primary N) is 1. The maximum Gasteiger partial charge on any atom is 0.275 e. The van der Waals surface area contributed by atoms with Gasteiger partial charge in [0.1, 0.15) is 0 Å². The number of likely N-dealkylation sites (tertiary alicyclic amines) is 1. The number of rotatable bonds is 5. The normalized spacial score (nSPS) is 16.8. The van der Waals surface area contributed by atoms with E-state index in [-0.39, 0.29) is 23.8 Å². The average Bonchev–Trinajstić information content (AvgIpc) is 3.53. The Morgan fingerprint density at radius 1 is 1.24 bits per heavy atom. The zero-order valence-corrected chi connectivity index (χ0v) is 20.5. The molecule has 1 aliphatic heterocycles. The minimum Gasteiger partial charge on any atom is -0.377 e. The van der Waals surface area contributed by atoms with Gasteiger partial charge in [0.15, 0.2) is 22.9 Å². The fourth-order valence-electron chi connectivity index (χ4n) is 4.24. The predicted octanol–water partition coefficient (Wildman–Crippen LogP) is 1.70. The number of hydrogen-bond donors (Lipinski definition) is 2. The van der Waals surface area contributed by atoms with E-state index in [0.29, 0.717) is 47.7 Å². The Bertz CT molecular complexity index is 1510. The molecule has 1 saturated heterocycles. The Labute approximate surface area is 213 Å². The van der Waals surface area contributed by atoms with Crippen LogP contribution in [0.1, 0.15) is 42.1 Å². The van der Waals surface area contributed by atoms with Gasteiger partial charge in [0.25, 0.3) is 5.91 Å². The van der Waals surface area contributed by atoms with Crippen molar-refractivity contribution in [1.82, 2.24) is 34.6 Å². The van der Waals surface area contributed by atoms with E-state index in [4.69, 9.17) is 10.5 Å². The third-order valence-corrected chi connectivity index (χ3v) is 6.05. The van der Waals surface area contributed by atoms with Gasteiger partial charge in [-0.1, -0.05) is 11.8 Å². The first-order valence-electron chi connectivity index (χ1n) is 11.9. The monoisotopic (exact) mass is 498 g/mol. The topological polar surface area (TPSA) is 145 Å². The zero-order valence-electron chi connectivity index (χ0n) is 20.5. The number of hydrogen-bond acceptors (Lipinski definition) is 9. The summed E-state index contributed by atoms with van der Waals surface area (Å²) in [5.41, 5.74) is 5.78. The second-order valence-corrected chi connectivity index (χ2v) is 8.78. The van der Waals surface area contributed by atoms with Gasteiger partial charge in [0.2, 0.25) is 5.95 Å². The molecule has 3 aromatic heterocycles. The molecule has 0 saturated carbocycles. The summed E-state index contributed by atoms with van der Waals surface area (Å²) in [4.78, 5) is 31.7. The number of aromatic nitrogens is 6. The van der Waals surface area contributed by atoms with Crippen molar-refractivity contribution in [2.75, 3.05) is 25.4 Å². The fourth-order valence-corrected chi connectivity index (χ4v) is 4.24. The van der Waals surface area contributed by atoms with E-state index in [1.54, 1.807) is 52.3 Å². The molecular weight excluding hydrogens is 472 g/mol. The highest BCUT2D eigenvalue weighted by atomic mass is 16.5. The Kier molecular flexibility index (Phi) is 6.52. The van der Waals surface area contributed by atoms with Crippen molar-refractivity contribution in [2.24, 2.45) is 0 Å².